The van der Waals surface area contributed by atoms with Gasteiger partial charge in [-0.1, -0.05) is 18.2 Å². The third kappa shape index (κ3) is 4.35. The number of methoxy groups -OCH3 is 1. The third-order valence-electron chi connectivity index (χ3n) is 4.74. The number of rotatable bonds is 7. The highest BCUT2D eigenvalue weighted by Crippen LogP contribution is 2.35. The summed E-state index contributed by atoms with van der Waals surface area (Å²) < 4.78 is 15.6. The molecule has 1 aliphatic heterocycles. The second kappa shape index (κ2) is 9.25. The maximum atomic E-state index is 12.7. The first-order chi connectivity index (χ1) is 14.5. The number of benzene rings is 2. The fourth-order valence-corrected chi connectivity index (χ4v) is 3.37. The van der Waals surface area contributed by atoms with Crippen LogP contribution >= 0.6 is 0 Å². The van der Waals surface area contributed by atoms with E-state index in [9.17, 15) is 19.7 Å². The van der Waals surface area contributed by atoms with Crippen molar-refractivity contribution < 1.29 is 28.7 Å². The molecule has 1 aliphatic rings. The van der Waals surface area contributed by atoms with Gasteiger partial charge in [0.1, 0.15) is 5.56 Å². The molecule has 1 heterocycles. The van der Waals surface area contributed by atoms with E-state index in [1.54, 1.807) is 11.8 Å². The van der Waals surface area contributed by atoms with Crippen LogP contribution in [0.2, 0.25) is 0 Å². The number of fused-ring (bicyclic) bond motifs is 1. The summed E-state index contributed by atoms with van der Waals surface area (Å²) in [5.74, 6) is -1.07. The lowest BCUT2D eigenvalue weighted by Crippen LogP contribution is -2.38. The zero-order valence-electron chi connectivity index (χ0n) is 16.8. The largest absolute Gasteiger partial charge is 0.493 e. The smallest absolute Gasteiger partial charge is 0.345 e. The molecule has 0 saturated heterocycles. The summed E-state index contributed by atoms with van der Waals surface area (Å²) in [4.78, 5) is 37.5. The summed E-state index contributed by atoms with van der Waals surface area (Å²) in [6, 6.07) is 9.85. The number of ether oxygens (including phenoxy) is 3. The molecule has 0 bridgehead atoms. The molecular formula is C21H22N2O7. The number of hydrogen-bond acceptors (Lipinski definition) is 7. The third-order valence-corrected chi connectivity index (χ3v) is 4.74. The molecule has 0 unspecified atom stereocenters. The second-order valence-corrected chi connectivity index (χ2v) is 6.56. The molecule has 0 N–H and O–H groups in total. The number of esters is 1. The molecule has 0 fully saturated rings. The first-order valence-electron chi connectivity index (χ1n) is 9.50. The van der Waals surface area contributed by atoms with Crippen molar-refractivity contribution in [2.45, 2.75) is 19.8 Å². The van der Waals surface area contributed by atoms with Crippen LogP contribution < -0.4 is 14.4 Å². The first kappa shape index (κ1) is 21.1. The molecule has 0 aromatic heterocycles. The van der Waals surface area contributed by atoms with Crippen LogP contribution in [0, 0.1) is 10.1 Å². The number of carbonyl (C=O) groups is 2. The van der Waals surface area contributed by atoms with Crippen molar-refractivity contribution in [2.24, 2.45) is 0 Å². The fourth-order valence-electron chi connectivity index (χ4n) is 3.37. The number of para-hydroxylation sites is 1. The van der Waals surface area contributed by atoms with Crippen LogP contribution in [0.4, 0.5) is 11.4 Å². The lowest BCUT2D eigenvalue weighted by molar-refractivity contribution is -0.385. The second-order valence-electron chi connectivity index (χ2n) is 6.56. The number of hydrogen-bond donors (Lipinski definition) is 0. The minimum Gasteiger partial charge on any atom is -0.493 e. The Balaban J connectivity index is 1.78. The van der Waals surface area contributed by atoms with Crippen LogP contribution in [0.25, 0.3) is 0 Å². The molecule has 2 aromatic carbocycles. The number of carbonyl (C=O) groups excluding carboxylic acids is 2. The van der Waals surface area contributed by atoms with Gasteiger partial charge in [-0.3, -0.25) is 14.9 Å². The Labute approximate surface area is 173 Å². The minimum absolute atomic E-state index is 0.126. The zero-order valence-corrected chi connectivity index (χ0v) is 16.8. The monoisotopic (exact) mass is 414 g/mol. The summed E-state index contributed by atoms with van der Waals surface area (Å²) in [6.45, 7) is 1.99. The van der Waals surface area contributed by atoms with E-state index in [0.29, 0.717) is 6.54 Å². The van der Waals surface area contributed by atoms with Gasteiger partial charge in [0.05, 0.1) is 24.7 Å². The molecule has 9 nitrogen and oxygen atoms in total. The van der Waals surface area contributed by atoms with E-state index in [1.165, 1.54) is 13.2 Å². The maximum absolute atomic E-state index is 12.7. The Morgan fingerprint density at radius 1 is 1.20 bits per heavy atom. The van der Waals surface area contributed by atoms with Crippen molar-refractivity contribution in [3.8, 4) is 11.5 Å². The minimum atomic E-state index is -0.982. The van der Waals surface area contributed by atoms with Gasteiger partial charge in [0.25, 0.3) is 11.6 Å². The molecule has 0 spiro atoms. The molecule has 2 aromatic rings. The molecule has 0 atom stereocenters. The Hall–Kier alpha value is -3.62. The average molecular weight is 414 g/mol. The van der Waals surface area contributed by atoms with Crippen molar-refractivity contribution >= 4 is 23.3 Å². The van der Waals surface area contributed by atoms with Gasteiger partial charge < -0.3 is 19.1 Å². The van der Waals surface area contributed by atoms with Crippen molar-refractivity contribution in [3.05, 3.63) is 57.6 Å². The van der Waals surface area contributed by atoms with E-state index in [0.717, 1.165) is 30.2 Å². The van der Waals surface area contributed by atoms with E-state index in [1.807, 2.05) is 24.3 Å². The van der Waals surface area contributed by atoms with E-state index < -0.39 is 29.1 Å². The fraction of sp³-hybridized carbons (Fsp3) is 0.333. The molecule has 158 valence electrons. The lowest BCUT2D eigenvalue weighted by atomic mass is 10.0. The van der Waals surface area contributed by atoms with E-state index in [-0.39, 0.29) is 23.7 Å². The van der Waals surface area contributed by atoms with E-state index >= 15 is 0 Å². The molecule has 1 amide bonds. The molecule has 0 radical (unpaired) electrons. The summed E-state index contributed by atoms with van der Waals surface area (Å²) in [5.41, 5.74) is 1.04. The average Bonchev–Trinajstić information content (AvgIpc) is 2.76. The summed E-state index contributed by atoms with van der Waals surface area (Å²) >= 11 is 0. The lowest BCUT2D eigenvalue weighted by Gasteiger charge is -2.29. The summed E-state index contributed by atoms with van der Waals surface area (Å²) in [5, 5.41) is 11.4. The molecule has 9 heteroatoms. The van der Waals surface area contributed by atoms with Crippen molar-refractivity contribution in [3.63, 3.8) is 0 Å². The predicted molar refractivity (Wildman–Crippen MR) is 108 cm³/mol. The Morgan fingerprint density at radius 2 is 1.97 bits per heavy atom. The molecular weight excluding hydrogens is 392 g/mol. The Morgan fingerprint density at radius 3 is 2.67 bits per heavy atom. The Kier molecular flexibility index (Phi) is 6.51. The molecule has 0 saturated carbocycles. The molecule has 3 rings (SSSR count). The molecule has 0 aliphatic carbocycles. The van der Waals surface area contributed by atoms with Crippen LogP contribution in [0.5, 0.6) is 11.5 Å². The number of amides is 1. The Bertz CT molecular complexity index is 974. The van der Waals surface area contributed by atoms with Gasteiger partial charge in [0.15, 0.2) is 18.1 Å². The van der Waals surface area contributed by atoms with Gasteiger partial charge in [-0.2, -0.15) is 0 Å². The van der Waals surface area contributed by atoms with Gasteiger partial charge in [-0.25, -0.2) is 4.79 Å². The van der Waals surface area contributed by atoms with Crippen LogP contribution in [0.15, 0.2) is 36.4 Å². The first-order valence-corrected chi connectivity index (χ1v) is 9.50. The number of aryl methyl sites for hydroxylation is 1. The summed E-state index contributed by atoms with van der Waals surface area (Å²) in [7, 11) is 1.34. The van der Waals surface area contributed by atoms with Gasteiger partial charge in [-0.05, 0) is 31.4 Å². The van der Waals surface area contributed by atoms with Crippen molar-refractivity contribution in [1.29, 1.82) is 0 Å². The standard InChI is InChI=1S/C21H22N2O7/c1-3-29-19-11-15(17(23(26)27)12-18(19)28-2)21(25)30-13-20(24)22-10-6-8-14-7-4-5-9-16(14)22/h4-5,7,9,11-12H,3,6,8,10,13H2,1-2H3. The van der Waals surface area contributed by atoms with Crippen LogP contribution in [0.1, 0.15) is 29.3 Å². The van der Waals surface area contributed by atoms with Crippen molar-refractivity contribution in [2.75, 3.05) is 31.8 Å². The number of nitro groups is 1. The highest BCUT2D eigenvalue weighted by Gasteiger charge is 2.28. The van der Waals surface area contributed by atoms with Gasteiger partial charge >= 0.3 is 5.97 Å². The zero-order chi connectivity index (χ0) is 21.7. The highest BCUT2D eigenvalue weighted by atomic mass is 16.6. The van der Waals surface area contributed by atoms with Crippen LogP contribution in [-0.2, 0) is 16.0 Å². The summed E-state index contributed by atoms with van der Waals surface area (Å²) in [6.07, 6.45) is 1.68. The van der Waals surface area contributed by atoms with Crippen LogP contribution in [-0.4, -0.2) is 43.7 Å². The van der Waals surface area contributed by atoms with E-state index in [4.69, 9.17) is 14.2 Å². The molecule has 30 heavy (non-hydrogen) atoms. The van der Waals surface area contributed by atoms with Gasteiger partial charge in [0, 0.05) is 18.3 Å². The normalized spacial score (nSPS) is 12.7. The van der Waals surface area contributed by atoms with Gasteiger partial charge in [0.2, 0.25) is 0 Å². The number of anilines is 1. The predicted octanol–water partition coefficient (Wildman–Crippen LogP) is 3.14. The quantitative estimate of drug-likeness (QED) is 0.389. The van der Waals surface area contributed by atoms with E-state index in [2.05, 4.69) is 0 Å². The van der Waals surface area contributed by atoms with Crippen LogP contribution in [0.3, 0.4) is 0 Å². The number of nitro benzene ring substituents is 1. The van der Waals surface area contributed by atoms with Crippen molar-refractivity contribution in [1.82, 2.24) is 0 Å². The van der Waals surface area contributed by atoms with Gasteiger partial charge in [-0.15, -0.1) is 0 Å². The highest BCUT2D eigenvalue weighted by molar-refractivity contribution is 5.99. The maximum Gasteiger partial charge on any atom is 0.345 e. The number of nitrogens with zero attached hydrogens (tertiary/aromatic N) is 2. The SMILES string of the molecule is CCOc1cc(C(=O)OCC(=O)N2CCCc3ccccc32)c([N+](=O)[O-])cc1OC. The topological polar surface area (TPSA) is 108 Å².